The number of carbonyl (C=O) groups is 2. The molecule has 2 aromatic carbocycles. The first-order valence-corrected chi connectivity index (χ1v) is 13.6. The van der Waals surface area contributed by atoms with E-state index in [1.54, 1.807) is 36.9 Å². The fraction of sp³-hybridized carbons (Fsp3) is 0.414. The van der Waals surface area contributed by atoms with Crippen LogP contribution in [0.3, 0.4) is 0 Å². The molecule has 7 nitrogen and oxygen atoms in total. The Hall–Kier alpha value is -2.87. The number of aromatic nitrogens is 2. The molecule has 5 rings (SSSR count). The monoisotopic (exact) mass is 554 g/mol. The van der Waals surface area contributed by atoms with Gasteiger partial charge in [-0.05, 0) is 63.9 Å². The van der Waals surface area contributed by atoms with Crippen LogP contribution in [0.5, 0.6) is 0 Å². The van der Waals surface area contributed by atoms with Crippen molar-refractivity contribution in [3.8, 4) is 0 Å². The SMILES string of the molecule is CC(c1ccc(C(C)(C)O)cc1)N1C[C@@H](C)n2nc3c(c2C1=O)CN(C(=O)c1ccc(Cl)c(Cl)c1)[C@H](C)C3. The molecule has 0 saturated heterocycles. The largest absolute Gasteiger partial charge is 0.386 e. The summed E-state index contributed by atoms with van der Waals surface area (Å²) in [6.45, 7) is 10.4. The molecule has 2 aliphatic rings. The topological polar surface area (TPSA) is 78.7 Å². The van der Waals surface area contributed by atoms with E-state index in [1.807, 2.05) is 47.7 Å². The van der Waals surface area contributed by atoms with Crippen molar-refractivity contribution in [1.29, 1.82) is 0 Å². The van der Waals surface area contributed by atoms with E-state index in [2.05, 4.69) is 6.92 Å². The smallest absolute Gasteiger partial charge is 0.273 e. The van der Waals surface area contributed by atoms with Gasteiger partial charge in [0.25, 0.3) is 11.8 Å². The molecule has 9 heteroatoms. The lowest BCUT2D eigenvalue weighted by molar-refractivity contribution is 0.0573. The first kappa shape index (κ1) is 26.7. The first-order chi connectivity index (χ1) is 17.9. The number of carbonyl (C=O) groups excluding carboxylic acids is 2. The van der Waals surface area contributed by atoms with Crippen LogP contribution in [0.25, 0.3) is 0 Å². The van der Waals surface area contributed by atoms with Crippen molar-refractivity contribution in [1.82, 2.24) is 19.6 Å². The maximum Gasteiger partial charge on any atom is 0.273 e. The number of aliphatic hydroxyl groups is 1. The van der Waals surface area contributed by atoms with Crippen LogP contribution in [0, 0.1) is 0 Å². The van der Waals surface area contributed by atoms with Crippen LogP contribution < -0.4 is 0 Å². The second kappa shape index (κ2) is 9.70. The van der Waals surface area contributed by atoms with E-state index in [9.17, 15) is 14.7 Å². The average Bonchev–Trinajstić information content (AvgIpc) is 3.25. The Morgan fingerprint density at radius 3 is 2.39 bits per heavy atom. The van der Waals surface area contributed by atoms with E-state index >= 15 is 0 Å². The van der Waals surface area contributed by atoms with Gasteiger partial charge in [0.2, 0.25) is 0 Å². The number of halogens is 2. The third kappa shape index (κ3) is 4.61. The minimum Gasteiger partial charge on any atom is -0.386 e. The van der Waals surface area contributed by atoms with Crippen molar-refractivity contribution in [3.05, 3.63) is 86.2 Å². The summed E-state index contributed by atoms with van der Waals surface area (Å²) < 4.78 is 1.84. The molecule has 2 amide bonds. The Morgan fingerprint density at radius 2 is 1.76 bits per heavy atom. The molecule has 3 aromatic rings. The van der Waals surface area contributed by atoms with Gasteiger partial charge in [-0.15, -0.1) is 0 Å². The molecule has 1 N–H and O–H groups in total. The summed E-state index contributed by atoms with van der Waals surface area (Å²) in [5.41, 5.74) is 3.57. The summed E-state index contributed by atoms with van der Waals surface area (Å²) in [4.78, 5) is 31.1. The van der Waals surface area contributed by atoms with Crippen molar-refractivity contribution >= 4 is 35.0 Å². The molecule has 0 aliphatic carbocycles. The van der Waals surface area contributed by atoms with Crippen LogP contribution in [0.15, 0.2) is 42.5 Å². The molecule has 0 saturated carbocycles. The lowest BCUT2D eigenvalue weighted by Gasteiger charge is -2.37. The summed E-state index contributed by atoms with van der Waals surface area (Å²) in [5, 5.41) is 15.9. The van der Waals surface area contributed by atoms with Gasteiger partial charge in [0.15, 0.2) is 0 Å². The molecule has 0 spiro atoms. The summed E-state index contributed by atoms with van der Waals surface area (Å²) in [5.74, 6) is -0.248. The molecule has 1 aromatic heterocycles. The minimum absolute atomic E-state index is 0.0130. The lowest BCUT2D eigenvalue weighted by atomic mass is 9.94. The second-order valence-electron chi connectivity index (χ2n) is 11.0. The van der Waals surface area contributed by atoms with Crippen LogP contribution in [-0.2, 0) is 18.6 Å². The Morgan fingerprint density at radius 1 is 1.08 bits per heavy atom. The zero-order chi connectivity index (χ0) is 27.5. The number of hydrogen-bond donors (Lipinski definition) is 1. The van der Waals surface area contributed by atoms with Crippen LogP contribution in [-0.4, -0.2) is 49.1 Å². The fourth-order valence-corrected chi connectivity index (χ4v) is 5.74. The summed E-state index contributed by atoms with van der Waals surface area (Å²) in [7, 11) is 0. The van der Waals surface area contributed by atoms with E-state index in [1.165, 1.54) is 0 Å². The predicted molar refractivity (Wildman–Crippen MR) is 148 cm³/mol. The van der Waals surface area contributed by atoms with Crippen LogP contribution >= 0.6 is 23.2 Å². The van der Waals surface area contributed by atoms with E-state index in [0.717, 1.165) is 22.4 Å². The molecule has 2 aliphatic heterocycles. The quantitative estimate of drug-likeness (QED) is 0.443. The van der Waals surface area contributed by atoms with Gasteiger partial charge in [-0.3, -0.25) is 14.3 Å². The van der Waals surface area contributed by atoms with Gasteiger partial charge in [-0.2, -0.15) is 5.10 Å². The van der Waals surface area contributed by atoms with Gasteiger partial charge >= 0.3 is 0 Å². The van der Waals surface area contributed by atoms with Crippen LogP contribution in [0.4, 0.5) is 0 Å². The normalized spacial score (nSPS) is 20.3. The highest BCUT2D eigenvalue weighted by molar-refractivity contribution is 6.42. The highest BCUT2D eigenvalue weighted by Crippen LogP contribution is 2.36. The van der Waals surface area contributed by atoms with E-state index < -0.39 is 5.60 Å². The zero-order valence-corrected chi connectivity index (χ0v) is 23.7. The second-order valence-corrected chi connectivity index (χ2v) is 11.8. The molecule has 0 fully saturated rings. The summed E-state index contributed by atoms with van der Waals surface area (Å²) in [6, 6.07) is 12.4. The molecule has 0 radical (unpaired) electrons. The minimum atomic E-state index is -0.930. The molecular formula is C29H32Cl2N4O3. The van der Waals surface area contributed by atoms with E-state index in [4.69, 9.17) is 28.3 Å². The Kier molecular flexibility index (Phi) is 6.83. The first-order valence-electron chi connectivity index (χ1n) is 12.9. The predicted octanol–water partition coefficient (Wildman–Crippen LogP) is 5.78. The lowest BCUT2D eigenvalue weighted by Crippen LogP contribution is -2.45. The van der Waals surface area contributed by atoms with Gasteiger partial charge in [-0.1, -0.05) is 47.5 Å². The van der Waals surface area contributed by atoms with Crippen LogP contribution in [0.2, 0.25) is 10.0 Å². The number of hydrogen-bond acceptors (Lipinski definition) is 4. The van der Waals surface area contributed by atoms with Crippen LogP contribution in [0.1, 0.15) is 89.9 Å². The van der Waals surface area contributed by atoms with Gasteiger partial charge in [0.05, 0.1) is 40.0 Å². The van der Waals surface area contributed by atoms with Gasteiger partial charge in [0.1, 0.15) is 5.69 Å². The van der Waals surface area contributed by atoms with Crippen molar-refractivity contribution in [2.45, 2.75) is 71.3 Å². The molecular weight excluding hydrogens is 523 g/mol. The third-order valence-corrected chi connectivity index (χ3v) is 8.52. The molecule has 38 heavy (non-hydrogen) atoms. The van der Waals surface area contributed by atoms with Crippen molar-refractivity contribution in [2.75, 3.05) is 6.54 Å². The Bertz CT molecular complexity index is 1410. The molecule has 0 bridgehead atoms. The number of benzene rings is 2. The standard InChI is InChI=1S/C29H32Cl2N4O3/c1-16-12-25-22(15-33(16)27(36)20-8-11-23(30)24(31)13-20)26-28(37)34(14-17(2)35(26)32-25)18(3)19-6-9-21(10-7-19)29(4,5)38/h6-11,13,16-18,38H,12,14-15H2,1-5H3/t16-,17-,18?/m1/s1. The van der Waals surface area contributed by atoms with Crippen molar-refractivity contribution < 1.29 is 14.7 Å². The fourth-order valence-electron chi connectivity index (χ4n) is 5.44. The maximum absolute atomic E-state index is 13.9. The summed E-state index contributed by atoms with van der Waals surface area (Å²) in [6.07, 6.45) is 0.566. The third-order valence-electron chi connectivity index (χ3n) is 7.78. The van der Waals surface area contributed by atoms with Gasteiger partial charge < -0.3 is 14.9 Å². The molecule has 3 heterocycles. The van der Waals surface area contributed by atoms with E-state index in [-0.39, 0.29) is 29.9 Å². The Labute approximate surface area is 232 Å². The zero-order valence-electron chi connectivity index (χ0n) is 22.2. The number of amides is 2. The van der Waals surface area contributed by atoms with Crippen molar-refractivity contribution in [3.63, 3.8) is 0 Å². The highest BCUT2D eigenvalue weighted by atomic mass is 35.5. The van der Waals surface area contributed by atoms with Crippen molar-refractivity contribution in [2.24, 2.45) is 0 Å². The molecule has 1 unspecified atom stereocenters. The molecule has 3 atom stereocenters. The highest BCUT2D eigenvalue weighted by Gasteiger charge is 2.40. The number of nitrogens with zero attached hydrogens (tertiary/aromatic N) is 4. The summed E-state index contributed by atoms with van der Waals surface area (Å²) >= 11 is 12.2. The van der Waals surface area contributed by atoms with Gasteiger partial charge in [0, 0.05) is 30.1 Å². The molecule has 200 valence electrons. The Balaban J connectivity index is 1.45. The van der Waals surface area contributed by atoms with E-state index in [0.29, 0.717) is 40.8 Å². The maximum atomic E-state index is 13.9. The van der Waals surface area contributed by atoms with Gasteiger partial charge in [-0.25, -0.2) is 0 Å². The average molecular weight is 556 g/mol. The number of rotatable bonds is 4. The number of fused-ring (bicyclic) bond motifs is 3.